The number of aryl methyl sites for hydroxylation is 3. The highest BCUT2D eigenvalue weighted by molar-refractivity contribution is 5.80. The first kappa shape index (κ1) is 14.9. The molecule has 0 unspecified atom stereocenters. The van der Waals surface area contributed by atoms with Gasteiger partial charge in [-0.2, -0.15) is 0 Å². The fourth-order valence-corrected chi connectivity index (χ4v) is 2.46. The topological polar surface area (TPSA) is 99.1 Å². The molecule has 23 heavy (non-hydrogen) atoms. The van der Waals surface area contributed by atoms with Gasteiger partial charge in [0.05, 0.1) is 5.69 Å². The summed E-state index contributed by atoms with van der Waals surface area (Å²) in [6.07, 6.45) is 0. The molecule has 6 nitrogen and oxygen atoms in total. The van der Waals surface area contributed by atoms with Crippen molar-refractivity contribution in [2.75, 3.05) is 0 Å². The van der Waals surface area contributed by atoms with Gasteiger partial charge in [0.1, 0.15) is 11.3 Å². The quantitative estimate of drug-likeness (QED) is 0.677. The highest BCUT2D eigenvalue weighted by Crippen LogP contribution is 2.32. The lowest BCUT2D eigenvalue weighted by Gasteiger charge is -2.07. The molecule has 0 aliphatic carbocycles. The minimum Gasteiger partial charge on any atom is -0.502 e. The highest BCUT2D eigenvalue weighted by atomic mass is 16.4. The number of aromatic nitrogens is 2. The molecule has 0 saturated heterocycles. The molecule has 0 atom stereocenters. The predicted octanol–water partition coefficient (Wildman–Crippen LogP) is 2.62. The highest BCUT2D eigenvalue weighted by Gasteiger charge is 2.22. The Balaban J connectivity index is 2.31. The Morgan fingerprint density at radius 3 is 2.43 bits per heavy atom. The Kier molecular flexibility index (Phi) is 3.44. The van der Waals surface area contributed by atoms with Crippen molar-refractivity contribution >= 4 is 0 Å². The summed E-state index contributed by atoms with van der Waals surface area (Å²) in [7, 11) is 0. The third-order valence-electron chi connectivity index (χ3n) is 3.85. The summed E-state index contributed by atoms with van der Waals surface area (Å²) in [6.45, 7) is 5.54. The normalized spacial score (nSPS) is 10.9. The van der Waals surface area contributed by atoms with Gasteiger partial charge in [0, 0.05) is 11.6 Å². The van der Waals surface area contributed by atoms with Crippen molar-refractivity contribution in [2.45, 2.75) is 20.8 Å². The van der Waals surface area contributed by atoms with Gasteiger partial charge in [-0.1, -0.05) is 12.1 Å². The molecule has 3 N–H and O–H groups in total. The Hall–Kier alpha value is -3.02. The van der Waals surface area contributed by atoms with Gasteiger partial charge >= 0.3 is 0 Å². The molecule has 2 aromatic heterocycles. The molecule has 0 bridgehead atoms. The fraction of sp³-hybridized carbons (Fsp3) is 0.176. The Labute approximate surface area is 131 Å². The van der Waals surface area contributed by atoms with E-state index in [1.54, 1.807) is 6.92 Å². The molecule has 3 rings (SSSR count). The summed E-state index contributed by atoms with van der Waals surface area (Å²) < 4.78 is 5.44. The van der Waals surface area contributed by atoms with Crippen LogP contribution in [0, 0.1) is 20.8 Å². The Morgan fingerprint density at radius 2 is 1.74 bits per heavy atom. The van der Waals surface area contributed by atoms with Gasteiger partial charge in [0.15, 0.2) is 5.76 Å². The zero-order chi connectivity index (χ0) is 16.7. The average molecular weight is 312 g/mol. The molecular weight excluding hydrogens is 296 g/mol. The number of aromatic amines is 2. The smallest absolute Gasteiger partial charge is 0.275 e. The molecule has 1 aromatic carbocycles. The van der Waals surface area contributed by atoms with Crippen LogP contribution in [0.3, 0.4) is 0 Å². The maximum Gasteiger partial charge on any atom is 0.275 e. The molecule has 6 heteroatoms. The van der Waals surface area contributed by atoms with E-state index in [1.165, 1.54) is 6.07 Å². The molecule has 2 heterocycles. The molecule has 0 fully saturated rings. The van der Waals surface area contributed by atoms with E-state index in [0.717, 1.165) is 16.7 Å². The molecule has 0 aliphatic rings. The van der Waals surface area contributed by atoms with Crippen molar-refractivity contribution in [1.29, 1.82) is 0 Å². The first-order valence-electron chi connectivity index (χ1n) is 7.11. The number of hydrogen-bond acceptors (Lipinski definition) is 4. The van der Waals surface area contributed by atoms with Crippen LogP contribution in [0.5, 0.6) is 5.75 Å². The molecule has 0 saturated carbocycles. The molecule has 0 aliphatic heterocycles. The number of hydrogen-bond donors (Lipinski definition) is 3. The van der Waals surface area contributed by atoms with Crippen LogP contribution < -0.4 is 11.0 Å². The predicted molar refractivity (Wildman–Crippen MR) is 86.7 cm³/mol. The van der Waals surface area contributed by atoms with Crippen molar-refractivity contribution in [1.82, 2.24) is 10.2 Å². The van der Waals surface area contributed by atoms with Gasteiger partial charge in [-0.3, -0.25) is 19.8 Å². The van der Waals surface area contributed by atoms with Crippen LogP contribution in [-0.4, -0.2) is 15.3 Å². The first-order chi connectivity index (χ1) is 10.9. The molecular formula is C17H16N2O4. The van der Waals surface area contributed by atoms with Gasteiger partial charge in [0.25, 0.3) is 5.56 Å². The van der Waals surface area contributed by atoms with E-state index in [-0.39, 0.29) is 11.3 Å². The molecule has 0 spiro atoms. The maximum atomic E-state index is 12.2. The van der Waals surface area contributed by atoms with E-state index < -0.39 is 16.7 Å². The van der Waals surface area contributed by atoms with Gasteiger partial charge in [-0.25, -0.2) is 0 Å². The summed E-state index contributed by atoms with van der Waals surface area (Å²) in [5.41, 5.74) is 2.44. The molecule has 3 aromatic rings. The lowest BCUT2D eigenvalue weighted by Crippen LogP contribution is -2.06. The minimum atomic E-state index is -0.588. The summed E-state index contributed by atoms with van der Waals surface area (Å²) in [4.78, 5) is 24.0. The van der Waals surface area contributed by atoms with E-state index in [9.17, 15) is 14.7 Å². The monoisotopic (exact) mass is 312 g/mol. The van der Waals surface area contributed by atoms with Crippen LogP contribution in [0.25, 0.3) is 22.6 Å². The summed E-state index contributed by atoms with van der Waals surface area (Å²) in [6, 6.07) is 6.89. The van der Waals surface area contributed by atoms with Gasteiger partial charge in [-0.05, 0) is 38.0 Å². The molecule has 0 amide bonds. The van der Waals surface area contributed by atoms with E-state index in [2.05, 4.69) is 10.2 Å². The lowest BCUT2D eigenvalue weighted by molar-refractivity contribution is 0.430. The first-order valence-corrected chi connectivity index (χ1v) is 7.11. The number of aromatic hydroxyl groups is 1. The standard InChI is InChI=1S/C17H16N2O4/c1-8-4-5-11(6-9(8)2)14-13(17(22)19-18-14)16-15(21)12(20)7-10(3)23-16/h4-7,21H,1-3H3,(H2,18,19,22). The zero-order valence-electron chi connectivity index (χ0n) is 13.0. The van der Waals surface area contributed by atoms with Crippen molar-refractivity contribution in [2.24, 2.45) is 0 Å². The van der Waals surface area contributed by atoms with E-state index in [1.807, 2.05) is 32.0 Å². The van der Waals surface area contributed by atoms with Crippen LogP contribution in [0.4, 0.5) is 0 Å². The third kappa shape index (κ3) is 2.48. The van der Waals surface area contributed by atoms with Crippen LogP contribution >= 0.6 is 0 Å². The summed E-state index contributed by atoms with van der Waals surface area (Å²) >= 11 is 0. The number of nitrogens with one attached hydrogen (secondary N) is 2. The minimum absolute atomic E-state index is 0.103. The van der Waals surface area contributed by atoms with Crippen molar-refractivity contribution in [3.63, 3.8) is 0 Å². The third-order valence-corrected chi connectivity index (χ3v) is 3.85. The maximum absolute atomic E-state index is 12.2. The Morgan fingerprint density at radius 1 is 1.00 bits per heavy atom. The van der Waals surface area contributed by atoms with Gasteiger partial charge in [-0.15, -0.1) is 0 Å². The van der Waals surface area contributed by atoms with Crippen molar-refractivity contribution < 1.29 is 9.52 Å². The van der Waals surface area contributed by atoms with Crippen LogP contribution in [-0.2, 0) is 0 Å². The van der Waals surface area contributed by atoms with Crippen LogP contribution in [0.15, 0.2) is 38.3 Å². The van der Waals surface area contributed by atoms with Gasteiger partial charge in [0.2, 0.25) is 11.2 Å². The SMILES string of the molecule is Cc1cc(=O)c(O)c(-c2c(-c3ccc(C)c(C)c3)[nH][nH]c2=O)o1. The largest absolute Gasteiger partial charge is 0.502 e. The summed E-state index contributed by atoms with van der Waals surface area (Å²) in [5.74, 6) is -0.397. The fourth-order valence-electron chi connectivity index (χ4n) is 2.46. The van der Waals surface area contributed by atoms with Crippen LogP contribution in [0.2, 0.25) is 0 Å². The van der Waals surface area contributed by atoms with Crippen molar-refractivity contribution in [3.8, 4) is 28.3 Å². The summed E-state index contributed by atoms with van der Waals surface area (Å²) in [5, 5.41) is 15.3. The average Bonchev–Trinajstić information content (AvgIpc) is 2.87. The van der Waals surface area contributed by atoms with E-state index >= 15 is 0 Å². The second-order valence-corrected chi connectivity index (χ2v) is 5.53. The van der Waals surface area contributed by atoms with E-state index in [4.69, 9.17) is 4.42 Å². The number of H-pyrrole nitrogens is 2. The second-order valence-electron chi connectivity index (χ2n) is 5.53. The second kappa shape index (κ2) is 5.31. The van der Waals surface area contributed by atoms with Crippen molar-refractivity contribution in [3.05, 3.63) is 61.7 Å². The number of rotatable bonds is 2. The van der Waals surface area contributed by atoms with E-state index in [0.29, 0.717) is 11.5 Å². The van der Waals surface area contributed by atoms with Gasteiger partial charge < -0.3 is 9.52 Å². The lowest BCUT2D eigenvalue weighted by atomic mass is 10.0. The molecule has 118 valence electrons. The number of benzene rings is 1. The zero-order valence-corrected chi connectivity index (χ0v) is 13.0. The molecule has 0 radical (unpaired) electrons. The Bertz CT molecular complexity index is 1010. The van der Waals surface area contributed by atoms with Crippen LogP contribution in [0.1, 0.15) is 16.9 Å².